The smallest absolute Gasteiger partial charge is 0.274 e. The van der Waals surface area contributed by atoms with Crippen molar-refractivity contribution in [3.8, 4) is 0 Å². The van der Waals surface area contributed by atoms with E-state index in [1.165, 1.54) is 0 Å². The van der Waals surface area contributed by atoms with Gasteiger partial charge >= 0.3 is 0 Å². The quantitative estimate of drug-likeness (QED) is 0.715. The molecule has 1 aliphatic rings. The number of hydrazone groups is 1. The molecule has 1 aliphatic heterocycles. The van der Waals surface area contributed by atoms with Crippen LogP contribution in [0.5, 0.6) is 0 Å². The van der Waals surface area contributed by atoms with Crippen molar-refractivity contribution in [2.24, 2.45) is 12.1 Å². The Labute approximate surface area is 147 Å². The van der Waals surface area contributed by atoms with Crippen LogP contribution in [0.25, 0.3) is 0 Å². The molecule has 4 heteroatoms. The summed E-state index contributed by atoms with van der Waals surface area (Å²) >= 11 is 0. The molecule has 4 rings (SSSR count). The van der Waals surface area contributed by atoms with Gasteiger partial charge in [0.25, 0.3) is 5.91 Å². The lowest BCUT2D eigenvalue weighted by Gasteiger charge is -2.22. The highest BCUT2D eigenvalue weighted by atomic mass is 16.2. The fraction of sp³-hybridized carbons (Fsp3) is 0.143. The number of carbonyl (C=O) groups excluding carboxylic acids is 1. The zero-order valence-corrected chi connectivity index (χ0v) is 14.0. The van der Waals surface area contributed by atoms with Crippen LogP contribution in [-0.4, -0.2) is 21.2 Å². The van der Waals surface area contributed by atoms with E-state index in [2.05, 4.69) is 12.1 Å². The van der Waals surface area contributed by atoms with Crippen LogP contribution < -0.4 is 0 Å². The number of aryl methyl sites for hydroxylation is 1. The summed E-state index contributed by atoms with van der Waals surface area (Å²) in [6, 6.07) is 21.4. The maximum absolute atomic E-state index is 13.0. The minimum atomic E-state index is -0.0795. The SMILES string of the molecule is Cn1ccc(C2=NN(C(=O)c3ccccc3)C(c3ccccc3)C2)c1. The predicted molar refractivity (Wildman–Crippen MR) is 98.4 cm³/mol. The van der Waals surface area contributed by atoms with Crippen LogP contribution in [0.2, 0.25) is 0 Å². The first-order valence-electron chi connectivity index (χ1n) is 8.36. The molecule has 1 aromatic heterocycles. The highest BCUT2D eigenvalue weighted by Gasteiger charge is 2.33. The molecule has 2 aromatic carbocycles. The van der Waals surface area contributed by atoms with Crippen LogP contribution >= 0.6 is 0 Å². The lowest BCUT2D eigenvalue weighted by molar-refractivity contribution is 0.0711. The summed E-state index contributed by atoms with van der Waals surface area (Å²) in [5.41, 5.74) is 3.76. The topological polar surface area (TPSA) is 37.6 Å². The number of carbonyl (C=O) groups is 1. The van der Waals surface area contributed by atoms with Gasteiger partial charge in [0.15, 0.2) is 0 Å². The van der Waals surface area contributed by atoms with Gasteiger partial charge in [0.05, 0.1) is 11.8 Å². The third kappa shape index (κ3) is 2.98. The van der Waals surface area contributed by atoms with Crippen LogP contribution in [0, 0.1) is 0 Å². The summed E-state index contributed by atoms with van der Waals surface area (Å²) in [6.07, 6.45) is 4.75. The van der Waals surface area contributed by atoms with E-state index in [1.54, 1.807) is 5.01 Å². The molecule has 0 N–H and O–H groups in total. The fourth-order valence-corrected chi connectivity index (χ4v) is 3.19. The highest BCUT2D eigenvalue weighted by Crippen LogP contribution is 2.33. The van der Waals surface area contributed by atoms with E-state index in [9.17, 15) is 4.79 Å². The molecule has 3 aromatic rings. The van der Waals surface area contributed by atoms with Crippen LogP contribution in [0.15, 0.2) is 84.2 Å². The number of nitrogens with zero attached hydrogens (tertiary/aromatic N) is 3. The van der Waals surface area contributed by atoms with E-state index in [0.717, 1.165) is 16.8 Å². The van der Waals surface area contributed by atoms with Gasteiger partial charge in [0, 0.05) is 37.0 Å². The highest BCUT2D eigenvalue weighted by molar-refractivity contribution is 6.04. The normalized spacial score (nSPS) is 16.8. The van der Waals surface area contributed by atoms with Crippen molar-refractivity contribution in [2.45, 2.75) is 12.5 Å². The lowest BCUT2D eigenvalue weighted by atomic mass is 9.99. The Hall–Kier alpha value is -3.14. The van der Waals surface area contributed by atoms with Crippen molar-refractivity contribution in [1.29, 1.82) is 0 Å². The van der Waals surface area contributed by atoms with E-state index < -0.39 is 0 Å². The van der Waals surface area contributed by atoms with E-state index in [1.807, 2.05) is 78.6 Å². The number of rotatable bonds is 3. The Morgan fingerprint density at radius 2 is 1.68 bits per heavy atom. The van der Waals surface area contributed by atoms with Crippen LogP contribution in [0.1, 0.15) is 33.9 Å². The first-order chi connectivity index (χ1) is 12.2. The average Bonchev–Trinajstić information content (AvgIpc) is 3.29. The van der Waals surface area contributed by atoms with Gasteiger partial charge in [-0.1, -0.05) is 48.5 Å². The summed E-state index contributed by atoms with van der Waals surface area (Å²) < 4.78 is 2.00. The first-order valence-corrected chi connectivity index (χ1v) is 8.36. The Kier molecular flexibility index (Phi) is 3.94. The second-order valence-corrected chi connectivity index (χ2v) is 6.26. The molecule has 0 saturated heterocycles. The van der Waals surface area contributed by atoms with Crippen LogP contribution in [0.3, 0.4) is 0 Å². The molecule has 0 radical (unpaired) electrons. The number of hydrogen-bond donors (Lipinski definition) is 0. The Morgan fingerprint density at radius 3 is 2.32 bits per heavy atom. The Morgan fingerprint density at radius 1 is 1.00 bits per heavy atom. The molecular weight excluding hydrogens is 310 g/mol. The van der Waals surface area contributed by atoms with E-state index in [-0.39, 0.29) is 11.9 Å². The summed E-state index contributed by atoms with van der Waals surface area (Å²) in [5.74, 6) is -0.0691. The average molecular weight is 329 g/mol. The van der Waals surface area contributed by atoms with Crippen LogP contribution in [-0.2, 0) is 7.05 Å². The fourth-order valence-electron chi connectivity index (χ4n) is 3.19. The van der Waals surface area contributed by atoms with Crippen molar-refractivity contribution in [3.63, 3.8) is 0 Å². The van der Waals surface area contributed by atoms with Gasteiger partial charge in [0.1, 0.15) is 0 Å². The minimum absolute atomic E-state index is 0.0691. The standard InChI is InChI=1S/C21H19N3O/c1-23-13-12-18(15-23)19-14-20(16-8-4-2-5-9-16)24(22-19)21(25)17-10-6-3-7-11-17/h2-13,15,20H,14H2,1H3. The van der Waals surface area contributed by atoms with E-state index in [0.29, 0.717) is 12.0 Å². The first kappa shape index (κ1) is 15.4. The molecule has 1 amide bonds. The monoisotopic (exact) mass is 329 g/mol. The third-order valence-electron chi connectivity index (χ3n) is 4.49. The van der Waals surface area contributed by atoms with E-state index >= 15 is 0 Å². The van der Waals surface area contributed by atoms with Crippen molar-refractivity contribution >= 4 is 11.6 Å². The lowest BCUT2D eigenvalue weighted by Crippen LogP contribution is -2.27. The molecule has 0 bridgehead atoms. The second-order valence-electron chi connectivity index (χ2n) is 6.26. The molecule has 2 heterocycles. The maximum Gasteiger partial charge on any atom is 0.274 e. The van der Waals surface area contributed by atoms with Gasteiger partial charge in [-0.05, 0) is 23.8 Å². The summed E-state index contributed by atoms with van der Waals surface area (Å²) in [4.78, 5) is 13.0. The van der Waals surface area contributed by atoms with E-state index in [4.69, 9.17) is 5.10 Å². The van der Waals surface area contributed by atoms with Gasteiger partial charge in [0.2, 0.25) is 0 Å². The molecular formula is C21H19N3O. The van der Waals surface area contributed by atoms with Crippen molar-refractivity contribution in [1.82, 2.24) is 9.58 Å². The largest absolute Gasteiger partial charge is 0.357 e. The van der Waals surface area contributed by atoms with Gasteiger partial charge in [-0.25, -0.2) is 5.01 Å². The number of hydrogen-bond acceptors (Lipinski definition) is 2. The molecule has 4 nitrogen and oxygen atoms in total. The molecule has 0 saturated carbocycles. The molecule has 1 unspecified atom stereocenters. The molecule has 0 fully saturated rings. The van der Waals surface area contributed by atoms with Crippen molar-refractivity contribution in [3.05, 3.63) is 95.8 Å². The molecule has 25 heavy (non-hydrogen) atoms. The van der Waals surface area contributed by atoms with Crippen LogP contribution in [0.4, 0.5) is 0 Å². The number of amides is 1. The third-order valence-corrected chi connectivity index (χ3v) is 4.49. The van der Waals surface area contributed by atoms with Gasteiger partial charge in [-0.15, -0.1) is 0 Å². The van der Waals surface area contributed by atoms with Gasteiger partial charge in [-0.2, -0.15) is 5.10 Å². The molecule has 124 valence electrons. The zero-order valence-electron chi connectivity index (χ0n) is 14.0. The Bertz CT molecular complexity index is 913. The van der Waals surface area contributed by atoms with Gasteiger partial charge in [-0.3, -0.25) is 4.79 Å². The summed E-state index contributed by atoms with van der Waals surface area (Å²) in [6.45, 7) is 0. The molecule has 0 aliphatic carbocycles. The summed E-state index contributed by atoms with van der Waals surface area (Å²) in [5, 5.41) is 6.32. The summed E-state index contributed by atoms with van der Waals surface area (Å²) in [7, 11) is 1.99. The maximum atomic E-state index is 13.0. The zero-order chi connectivity index (χ0) is 17.2. The second kappa shape index (κ2) is 6.40. The Balaban J connectivity index is 1.73. The predicted octanol–water partition coefficient (Wildman–Crippen LogP) is 4.02. The number of aromatic nitrogens is 1. The molecule has 1 atom stereocenters. The molecule has 0 spiro atoms. The van der Waals surface area contributed by atoms with Crippen molar-refractivity contribution < 1.29 is 4.79 Å². The van der Waals surface area contributed by atoms with Crippen molar-refractivity contribution in [2.75, 3.05) is 0 Å². The van der Waals surface area contributed by atoms with Gasteiger partial charge < -0.3 is 4.57 Å². The number of benzene rings is 2. The minimum Gasteiger partial charge on any atom is -0.357 e.